The summed E-state index contributed by atoms with van der Waals surface area (Å²) in [6, 6.07) is 17.1. The monoisotopic (exact) mass is 541 g/mol. The molecule has 8 nitrogen and oxygen atoms in total. The summed E-state index contributed by atoms with van der Waals surface area (Å²) in [6.07, 6.45) is -4.58. The summed E-state index contributed by atoms with van der Waals surface area (Å²) in [4.78, 5) is 23.4. The second-order valence-electron chi connectivity index (χ2n) is 8.50. The van der Waals surface area contributed by atoms with Gasteiger partial charge in [-0.3, -0.25) is 19.5 Å². The molecule has 3 aromatic carbocycles. The number of nitrogens with one attached hydrogen (secondary N) is 1. The van der Waals surface area contributed by atoms with Crippen LogP contribution in [0.3, 0.4) is 0 Å². The minimum Gasteiger partial charge on any atom is -0.342 e. The molecule has 1 heterocycles. The molecule has 0 radical (unpaired) electrons. The molecule has 0 saturated carbocycles. The third kappa shape index (κ3) is 6.20. The zero-order valence-corrected chi connectivity index (χ0v) is 21.1. The maximum atomic E-state index is 13.1. The van der Waals surface area contributed by atoms with Crippen LogP contribution in [0.4, 0.5) is 18.9 Å². The molecular formula is C26H22F3N5O3S. The third-order valence-corrected chi connectivity index (χ3v) is 6.61. The van der Waals surface area contributed by atoms with Crippen LogP contribution in [0.2, 0.25) is 0 Å². The minimum absolute atomic E-state index is 0.0942. The van der Waals surface area contributed by atoms with E-state index >= 15 is 0 Å². The lowest BCUT2D eigenvalue weighted by atomic mass is 10.1. The number of rotatable bonds is 8. The maximum absolute atomic E-state index is 13.1. The van der Waals surface area contributed by atoms with Crippen LogP contribution in [0.5, 0.6) is 0 Å². The Morgan fingerprint density at radius 2 is 1.79 bits per heavy atom. The SMILES string of the molecule is Cc1cccc(CSc2nnc(C(C)NC(=O)c3cccc(C(F)(F)F)c3)n2-c2ccc([N+](=O)[O-])cc2)c1. The van der Waals surface area contributed by atoms with Crippen molar-refractivity contribution in [1.29, 1.82) is 0 Å². The molecular weight excluding hydrogens is 519 g/mol. The Bertz CT molecular complexity index is 1470. The van der Waals surface area contributed by atoms with Crippen LogP contribution >= 0.6 is 11.8 Å². The van der Waals surface area contributed by atoms with Crippen LogP contribution in [-0.2, 0) is 11.9 Å². The van der Waals surface area contributed by atoms with Gasteiger partial charge in [0, 0.05) is 29.1 Å². The van der Waals surface area contributed by atoms with E-state index < -0.39 is 28.6 Å². The highest BCUT2D eigenvalue weighted by Gasteiger charge is 2.31. The summed E-state index contributed by atoms with van der Waals surface area (Å²) in [5.41, 5.74) is 1.52. The fourth-order valence-corrected chi connectivity index (χ4v) is 4.65. The molecule has 0 bridgehead atoms. The van der Waals surface area contributed by atoms with E-state index in [9.17, 15) is 28.1 Å². The zero-order chi connectivity index (χ0) is 27.4. The minimum atomic E-state index is -4.58. The number of benzene rings is 3. The first-order valence-electron chi connectivity index (χ1n) is 11.4. The normalized spacial score (nSPS) is 12.2. The standard InChI is InChI=1S/C26H22F3N5O3S/c1-16-5-3-6-18(13-16)15-38-25-32-31-23(33(25)21-9-11-22(12-10-21)34(36)37)17(2)30-24(35)19-7-4-8-20(14-19)26(27,28)29/h3-14,17H,15H2,1-2H3,(H,30,35). The number of non-ortho nitro benzene ring substituents is 1. The first-order valence-corrected chi connectivity index (χ1v) is 12.4. The van der Waals surface area contributed by atoms with Crippen molar-refractivity contribution in [2.45, 2.75) is 37.0 Å². The summed E-state index contributed by atoms with van der Waals surface area (Å²) in [6.45, 7) is 3.62. The number of aromatic nitrogens is 3. The predicted octanol–water partition coefficient (Wildman–Crippen LogP) is 6.29. The van der Waals surface area contributed by atoms with Gasteiger partial charge in [0.15, 0.2) is 11.0 Å². The fourth-order valence-electron chi connectivity index (χ4n) is 3.75. The van der Waals surface area contributed by atoms with Gasteiger partial charge in [0.05, 0.1) is 16.5 Å². The van der Waals surface area contributed by atoms with Crippen LogP contribution in [0, 0.1) is 17.0 Å². The van der Waals surface area contributed by atoms with E-state index in [0.717, 1.165) is 23.3 Å². The largest absolute Gasteiger partial charge is 0.416 e. The van der Waals surface area contributed by atoms with Gasteiger partial charge in [-0.05, 0) is 49.7 Å². The van der Waals surface area contributed by atoms with Gasteiger partial charge in [0.25, 0.3) is 11.6 Å². The number of carbonyl (C=O) groups is 1. The highest BCUT2D eigenvalue weighted by molar-refractivity contribution is 7.98. The van der Waals surface area contributed by atoms with Gasteiger partial charge in [0.1, 0.15) is 0 Å². The third-order valence-electron chi connectivity index (χ3n) is 5.61. The van der Waals surface area contributed by atoms with Crippen molar-refractivity contribution in [3.63, 3.8) is 0 Å². The van der Waals surface area contributed by atoms with E-state index in [1.807, 2.05) is 31.2 Å². The van der Waals surface area contributed by atoms with Crippen LogP contribution in [0.15, 0.2) is 78.0 Å². The number of aryl methyl sites for hydroxylation is 1. The van der Waals surface area contributed by atoms with Crippen LogP contribution in [0.1, 0.15) is 45.8 Å². The molecule has 1 unspecified atom stereocenters. The van der Waals surface area contributed by atoms with E-state index in [2.05, 4.69) is 15.5 Å². The zero-order valence-electron chi connectivity index (χ0n) is 20.3. The molecule has 1 amide bonds. The first kappa shape index (κ1) is 26.9. The van der Waals surface area contributed by atoms with E-state index in [1.165, 1.54) is 36.0 Å². The van der Waals surface area contributed by atoms with E-state index in [0.29, 0.717) is 22.4 Å². The van der Waals surface area contributed by atoms with Crippen molar-refractivity contribution < 1.29 is 22.9 Å². The number of hydrogen-bond donors (Lipinski definition) is 1. The predicted molar refractivity (Wildman–Crippen MR) is 136 cm³/mol. The molecule has 4 rings (SSSR count). The van der Waals surface area contributed by atoms with Crippen LogP contribution in [-0.4, -0.2) is 25.6 Å². The molecule has 0 aliphatic heterocycles. The van der Waals surface area contributed by atoms with Gasteiger partial charge in [0.2, 0.25) is 0 Å². The van der Waals surface area contributed by atoms with Crippen LogP contribution < -0.4 is 5.32 Å². The number of amides is 1. The highest BCUT2D eigenvalue weighted by atomic mass is 32.2. The molecule has 12 heteroatoms. The summed E-state index contributed by atoms with van der Waals surface area (Å²) in [7, 11) is 0. The van der Waals surface area contributed by atoms with E-state index in [1.54, 1.807) is 23.6 Å². The quantitative estimate of drug-likeness (QED) is 0.160. The van der Waals surface area contributed by atoms with Crippen molar-refractivity contribution in [1.82, 2.24) is 20.1 Å². The molecule has 1 N–H and O–H groups in total. The lowest BCUT2D eigenvalue weighted by Crippen LogP contribution is -2.29. The van der Waals surface area contributed by atoms with Crippen molar-refractivity contribution in [3.8, 4) is 5.69 Å². The lowest BCUT2D eigenvalue weighted by molar-refractivity contribution is -0.384. The lowest BCUT2D eigenvalue weighted by Gasteiger charge is -2.17. The van der Waals surface area contributed by atoms with Gasteiger partial charge in [-0.2, -0.15) is 13.2 Å². The number of nitro groups is 1. The second kappa shape index (κ2) is 11.1. The number of carbonyl (C=O) groups excluding carboxylic acids is 1. The van der Waals surface area contributed by atoms with Gasteiger partial charge < -0.3 is 5.32 Å². The highest BCUT2D eigenvalue weighted by Crippen LogP contribution is 2.31. The summed E-state index contributed by atoms with van der Waals surface area (Å²) >= 11 is 1.39. The summed E-state index contributed by atoms with van der Waals surface area (Å²) in [5, 5.41) is 22.8. The Labute approximate surface area is 220 Å². The number of thioether (sulfide) groups is 1. The maximum Gasteiger partial charge on any atom is 0.416 e. The van der Waals surface area contributed by atoms with E-state index in [4.69, 9.17) is 0 Å². The van der Waals surface area contributed by atoms with Gasteiger partial charge in [-0.25, -0.2) is 0 Å². The molecule has 1 aromatic heterocycles. The molecule has 4 aromatic rings. The number of hydrogen-bond acceptors (Lipinski definition) is 6. The molecule has 0 spiro atoms. The fraction of sp³-hybridized carbons (Fsp3) is 0.192. The molecule has 1 atom stereocenters. The average molecular weight is 542 g/mol. The Balaban J connectivity index is 1.64. The van der Waals surface area contributed by atoms with Gasteiger partial charge in [-0.15, -0.1) is 10.2 Å². The topological polar surface area (TPSA) is 103 Å². The Morgan fingerprint density at radius 3 is 2.45 bits per heavy atom. The smallest absolute Gasteiger partial charge is 0.342 e. The Morgan fingerprint density at radius 1 is 1.08 bits per heavy atom. The number of nitro benzene ring substituents is 1. The van der Waals surface area contributed by atoms with Crippen LogP contribution in [0.25, 0.3) is 5.69 Å². The first-order chi connectivity index (χ1) is 18.0. The van der Waals surface area contributed by atoms with Gasteiger partial charge >= 0.3 is 6.18 Å². The average Bonchev–Trinajstić information content (AvgIpc) is 3.31. The number of alkyl halides is 3. The molecule has 0 aliphatic rings. The van der Waals surface area contributed by atoms with Gasteiger partial charge in [-0.1, -0.05) is 47.7 Å². The summed E-state index contributed by atoms with van der Waals surface area (Å²) < 4.78 is 41.0. The molecule has 0 fully saturated rings. The van der Waals surface area contributed by atoms with Crippen molar-refractivity contribution in [2.24, 2.45) is 0 Å². The van der Waals surface area contributed by atoms with Crippen molar-refractivity contribution >= 4 is 23.4 Å². The number of nitrogens with zero attached hydrogens (tertiary/aromatic N) is 4. The second-order valence-corrected chi connectivity index (χ2v) is 9.44. The van der Waals surface area contributed by atoms with Crippen molar-refractivity contribution in [3.05, 3.63) is 111 Å². The molecule has 196 valence electrons. The molecule has 0 aliphatic carbocycles. The molecule has 0 saturated heterocycles. The Kier molecular flexibility index (Phi) is 7.81. The van der Waals surface area contributed by atoms with Crippen molar-refractivity contribution in [2.75, 3.05) is 0 Å². The molecule has 38 heavy (non-hydrogen) atoms. The Hall–Kier alpha value is -4.19. The van der Waals surface area contributed by atoms with E-state index in [-0.39, 0.29) is 11.3 Å². The summed E-state index contributed by atoms with van der Waals surface area (Å²) in [5.74, 6) is 0.166. The number of halogens is 3.